The van der Waals surface area contributed by atoms with Crippen LogP contribution < -0.4 is 5.32 Å². The molecule has 0 saturated carbocycles. The van der Waals surface area contributed by atoms with Gasteiger partial charge in [0.2, 0.25) is 5.91 Å². The molecule has 1 fully saturated rings. The Labute approximate surface area is 148 Å². The highest BCUT2D eigenvalue weighted by Crippen LogP contribution is 2.22. The normalized spacial score (nSPS) is 21.3. The van der Waals surface area contributed by atoms with Gasteiger partial charge in [-0.3, -0.25) is 9.69 Å². The number of aromatic nitrogens is 2. The first-order valence-corrected chi connectivity index (χ1v) is 8.73. The number of carbonyl (C=O) groups is 1. The van der Waals surface area contributed by atoms with Crippen molar-refractivity contribution in [1.29, 1.82) is 0 Å². The van der Waals surface area contributed by atoms with Gasteiger partial charge in [-0.25, -0.2) is 4.68 Å². The zero-order valence-corrected chi connectivity index (χ0v) is 15.3. The molecule has 1 N–H and O–H groups in total. The third-order valence-electron chi connectivity index (χ3n) is 4.42. The molecule has 25 heavy (non-hydrogen) atoms. The molecule has 6 nitrogen and oxygen atoms in total. The predicted molar refractivity (Wildman–Crippen MR) is 98.1 cm³/mol. The lowest BCUT2D eigenvalue weighted by Gasteiger charge is -2.34. The number of hydrogen-bond donors (Lipinski definition) is 1. The van der Waals surface area contributed by atoms with Crippen molar-refractivity contribution in [2.45, 2.75) is 39.9 Å². The van der Waals surface area contributed by atoms with Crippen LogP contribution in [0, 0.1) is 13.8 Å². The van der Waals surface area contributed by atoms with Crippen LogP contribution in [0.5, 0.6) is 0 Å². The number of anilines is 1. The van der Waals surface area contributed by atoms with Crippen LogP contribution in [0.3, 0.4) is 0 Å². The molecule has 134 valence electrons. The van der Waals surface area contributed by atoms with Crippen LogP contribution in [0.1, 0.15) is 25.2 Å². The van der Waals surface area contributed by atoms with Gasteiger partial charge < -0.3 is 10.1 Å². The van der Waals surface area contributed by atoms with E-state index in [1.165, 1.54) is 0 Å². The molecule has 1 aliphatic heterocycles. The van der Waals surface area contributed by atoms with Gasteiger partial charge in [-0.05, 0) is 39.8 Å². The fourth-order valence-electron chi connectivity index (χ4n) is 3.44. The van der Waals surface area contributed by atoms with E-state index >= 15 is 0 Å². The molecular formula is C19H26N4O2. The number of morpholine rings is 1. The van der Waals surface area contributed by atoms with Crippen molar-refractivity contribution < 1.29 is 9.53 Å². The summed E-state index contributed by atoms with van der Waals surface area (Å²) >= 11 is 0. The lowest BCUT2D eigenvalue weighted by Crippen LogP contribution is -2.48. The Kier molecular flexibility index (Phi) is 5.20. The minimum Gasteiger partial charge on any atom is -0.373 e. The number of carbonyl (C=O) groups excluding carboxylic acids is 1. The van der Waals surface area contributed by atoms with Gasteiger partial charge in [-0.15, -0.1) is 0 Å². The zero-order valence-electron chi connectivity index (χ0n) is 15.3. The Balaban J connectivity index is 1.70. The van der Waals surface area contributed by atoms with Crippen LogP contribution in [-0.4, -0.2) is 52.4 Å². The molecule has 0 aliphatic carbocycles. The lowest BCUT2D eigenvalue weighted by molar-refractivity contribution is -0.121. The van der Waals surface area contributed by atoms with Crippen molar-refractivity contribution in [3.63, 3.8) is 0 Å². The molecule has 0 radical (unpaired) electrons. The van der Waals surface area contributed by atoms with Crippen molar-refractivity contribution in [1.82, 2.24) is 14.7 Å². The lowest BCUT2D eigenvalue weighted by atomic mass is 10.2. The van der Waals surface area contributed by atoms with E-state index in [-0.39, 0.29) is 18.1 Å². The van der Waals surface area contributed by atoms with E-state index in [0.717, 1.165) is 35.9 Å². The zero-order chi connectivity index (χ0) is 18.0. The minimum atomic E-state index is -0.0138. The molecule has 0 bridgehead atoms. The first kappa shape index (κ1) is 17.6. The molecule has 2 aromatic rings. The summed E-state index contributed by atoms with van der Waals surface area (Å²) in [4.78, 5) is 14.7. The van der Waals surface area contributed by atoms with Crippen molar-refractivity contribution in [2.24, 2.45) is 0 Å². The van der Waals surface area contributed by atoms with Crippen LogP contribution >= 0.6 is 0 Å². The van der Waals surface area contributed by atoms with E-state index in [4.69, 9.17) is 4.74 Å². The maximum absolute atomic E-state index is 12.5. The summed E-state index contributed by atoms with van der Waals surface area (Å²) in [7, 11) is 0. The van der Waals surface area contributed by atoms with Crippen LogP contribution in [0.25, 0.3) is 5.69 Å². The van der Waals surface area contributed by atoms with E-state index in [1.54, 1.807) is 0 Å². The standard InChI is InChI=1S/C19H26N4O2/c1-13-10-22(11-14(2)25-13)12-18(24)20-19-15(3)21-23(16(19)4)17-8-6-5-7-9-17/h5-9,13-14H,10-12H2,1-4H3,(H,20,24)/t13-,14-/m0/s1. The summed E-state index contributed by atoms with van der Waals surface area (Å²) in [5, 5.41) is 7.61. The average molecular weight is 342 g/mol. The molecule has 3 rings (SSSR count). The summed E-state index contributed by atoms with van der Waals surface area (Å²) in [6.07, 6.45) is 0.307. The summed E-state index contributed by atoms with van der Waals surface area (Å²) in [6.45, 7) is 9.89. The van der Waals surface area contributed by atoms with E-state index in [2.05, 4.69) is 15.3 Å². The second-order valence-corrected chi connectivity index (χ2v) is 6.79. The number of benzene rings is 1. The van der Waals surface area contributed by atoms with Gasteiger partial charge in [0.25, 0.3) is 0 Å². The van der Waals surface area contributed by atoms with Gasteiger partial charge in [0.05, 0.1) is 41.5 Å². The molecule has 6 heteroatoms. The summed E-state index contributed by atoms with van der Waals surface area (Å²) < 4.78 is 7.58. The number of nitrogens with one attached hydrogen (secondary N) is 1. The van der Waals surface area contributed by atoms with Crippen molar-refractivity contribution in [3.05, 3.63) is 41.7 Å². The number of ether oxygens (including phenoxy) is 1. The largest absolute Gasteiger partial charge is 0.373 e. The number of amides is 1. The number of para-hydroxylation sites is 1. The van der Waals surface area contributed by atoms with Gasteiger partial charge in [0, 0.05) is 13.1 Å². The Morgan fingerprint density at radius 2 is 1.84 bits per heavy atom. The Bertz CT molecular complexity index is 731. The van der Waals surface area contributed by atoms with Crippen LogP contribution in [0.15, 0.2) is 30.3 Å². The van der Waals surface area contributed by atoms with Crippen LogP contribution in [0.4, 0.5) is 5.69 Å². The van der Waals surface area contributed by atoms with E-state index in [0.29, 0.717) is 6.54 Å². The first-order chi connectivity index (χ1) is 11.9. The van der Waals surface area contributed by atoms with Gasteiger partial charge in [0.1, 0.15) is 0 Å². The third kappa shape index (κ3) is 4.08. The smallest absolute Gasteiger partial charge is 0.238 e. The summed E-state index contributed by atoms with van der Waals surface area (Å²) in [6, 6.07) is 9.93. The molecular weight excluding hydrogens is 316 g/mol. The van der Waals surface area contributed by atoms with E-state index in [1.807, 2.05) is 62.7 Å². The minimum absolute atomic E-state index is 0.0138. The van der Waals surface area contributed by atoms with Gasteiger partial charge >= 0.3 is 0 Å². The van der Waals surface area contributed by atoms with Crippen LogP contribution in [-0.2, 0) is 9.53 Å². The fraction of sp³-hybridized carbons (Fsp3) is 0.474. The molecule has 1 saturated heterocycles. The maximum Gasteiger partial charge on any atom is 0.238 e. The molecule has 1 aromatic carbocycles. The molecule has 2 atom stereocenters. The average Bonchev–Trinajstić information content (AvgIpc) is 2.83. The van der Waals surface area contributed by atoms with Crippen LogP contribution in [0.2, 0.25) is 0 Å². The monoisotopic (exact) mass is 342 g/mol. The second kappa shape index (κ2) is 7.37. The number of hydrogen-bond acceptors (Lipinski definition) is 4. The highest BCUT2D eigenvalue weighted by Gasteiger charge is 2.24. The van der Waals surface area contributed by atoms with Gasteiger partial charge in [-0.2, -0.15) is 5.10 Å². The summed E-state index contributed by atoms with van der Waals surface area (Å²) in [5.74, 6) is -0.0138. The Morgan fingerprint density at radius 3 is 2.48 bits per heavy atom. The van der Waals surface area contributed by atoms with Crippen molar-refractivity contribution in [2.75, 3.05) is 25.0 Å². The molecule has 1 amide bonds. The topological polar surface area (TPSA) is 59.4 Å². The summed E-state index contributed by atoms with van der Waals surface area (Å²) in [5.41, 5.74) is 3.53. The Hall–Kier alpha value is -2.18. The third-order valence-corrected chi connectivity index (χ3v) is 4.42. The number of aryl methyl sites for hydroxylation is 1. The maximum atomic E-state index is 12.5. The molecule has 0 spiro atoms. The molecule has 1 aliphatic rings. The van der Waals surface area contributed by atoms with Gasteiger partial charge in [0.15, 0.2) is 0 Å². The highest BCUT2D eigenvalue weighted by molar-refractivity contribution is 5.93. The number of nitrogens with zero attached hydrogens (tertiary/aromatic N) is 3. The van der Waals surface area contributed by atoms with E-state index in [9.17, 15) is 4.79 Å². The number of rotatable bonds is 4. The molecule has 2 heterocycles. The van der Waals surface area contributed by atoms with E-state index < -0.39 is 0 Å². The molecule has 0 unspecified atom stereocenters. The fourth-order valence-corrected chi connectivity index (χ4v) is 3.44. The highest BCUT2D eigenvalue weighted by atomic mass is 16.5. The van der Waals surface area contributed by atoms with Crippen molar-refractivity contribution >= 4 is 11.6 Å². The first-order valence-electron chi connectivity index (χ1n) is 8.73. The van der Waals surface area contributed by atoms with Crippen molar-refractivity contribution in [3.8, 4) is 5.69 Å². The molecule has 1 aromatic heterocycles. The Morgan fingerprint density at radius 1 is 1.20 bits per heavy atom. The van der Waals surface area contributed by atoms with Gasteiger partial charge in [-0.1, -0.05) is 18.2 Å². The predicted octanol–water partition coefficient (Wildman–Crippen LogP) is 2.54. The second-order valence-electron chi connectivity index (χ2n) is 6.79. The quantitative estimate of drug-likeness (QED) is 0.928. The SMILES string of the molecule is Cc1nn(-c2ccccc2)c(C)c1NC(=O)CN1C[C@H](C)O[C@@H](C)C1.